The predicted octanol–water partition coefficient (Wildman–Crippen LogP) is 2.63. The standard InChI is InChI=1S/C10H7BrFN3/c11-7-3-1-2-6(10(7)12)8-4-15-9(13)5-14-8/h1-5H,(H2,13,15). The molecule has 0 spiro atoms. The summed E-state index contributed by atoms with van der Waals surface area (Å²) in [5, 5.41) is 0. The Bertz CT molecular complexity index is 485. The maximum atomic E-state index is 13.6. The summed E-state index contributed by atoms with van der Waals surface area (Å²) in [6.07, 6.45) is 2.84. The zero-order valence-electron chi connectivity index (χ0n) is 7.61. The summed E-state index contributed by atoms with van der Waals surface area (Å²) in [7, 11) is 0. The van der Waals surface area contributed by atoms with Crippen LogP contribution >= 0.6 is 15.9 Å². The van der Waals surface area contributed by atoms with E-state index in [0.717, 1.165) is 0 Å². The van der Waals surface area contributed by atoms with E-state index in [9.17, 15) is 4.39 Å². The number of hydrogen-bond donors (Lipinski definition) is 1. The van der Waals surface area contributed by atoms with Crippen LogP contribution < -0.4 is 5.73 Å². The Morgan fingerprint density at radius 2 is 2.00 bits per heavy atom. The highest BCUT2D eigenvalue weighted by Gasteiger charge is 2.09. The Kier molecular flexibility index (Phi) is 2.64. The lowest BCUT2D eigenvalue weighted by Crippen LogP contribution is -1.94. The number of rotatable bonds is 1. The zero-order valence-corrected chi connectivity index (χ0v) is 9.20. The number of anilines is 1. The Morgan fingerprint density at radius 3 is 2.67 bits per heavy atom. The maximum Gasteiger partial charge on any atom is 0.146 e. The summed E-state index contributed by atoms with van der Waals surface area (Å²) in [5.41, 5.74) is 6.26. The van der Waals surface area contributed by atoms with Gasteiger partial charge in [-0.1, -0.05) is 6.07 Å². The zero-order chi connectivity index (χ0) is 10.8. The van der Waals surface area contributed by atoms with Gasteiger partial charge < -0.3 is 5.73 Å². The lowest BCUT2D eigenvalue weighted by molar-refractivity contribution is 0.624. The van der Waals surface area contributed by atoms with E-state index >= 15 is 0 Å². The average molecular weight is 268 g/mol. The maximum absolute atomic E-state index is 13.6. The Morgan fingerprint density at radius 1 is 1.20 bits per heavy atom. The van der Waals surface area contributed by atoms with Gasteiger partial charge in [0.25, 0.3) is 0 Å². The van der Waals surface area contributed by atoms with E-state index in [2.05, 4.69) is 25.9 Å². The molecule has 0 atom stereocenters. The van der Waals surface area contributed by atoms with Crippen molar-refractivity contribution >= 4 is 21.7 Å². The number of nitrogen functional groups attached to an aromatic ring is 1. The van der Waals surface area contributed by atoms with Gasteiger partial charge in [0.1, 0.15) is 11.6 Å². The highest BCUT2D eigenvalue weighted by molar-refractivity contribution is 9.10. The van der Waals surface area contributed by atoms with E-state index in [1.807, 2.05) is 0 Å². The van der Waals surface area contributed by atoms with Crippen LogP contribution in [0.5, 0.6) is 0 Å². The van der Waals surface area contributed by atoms with Gasteiger partial charge in [-0.15, -0.1) is 0 Å². The minimum absolute atomic E-state index is 0.314. The molecule has 0 unspecified atom stereocenters. The quantitative estimate of drug-likeness (QED) is 0.864. The third kappa shape index (κ3) is 1.97. The molecular formula is C10H7BrFN3. The normalized spacial score (nSPS) is 10.3. The van der Waals surface area contributed by atoms with Crippen LogP contribution in [0.25, 0.3) is 11.3 Å². The van der Waals surface area contributed by atoms with Crippen LogP contribution in [0.1, 0.15) is 0 Å². The largest absolute Gasteiger partial charge is 0.382 e. The van der Waals surface area contributed by atoms with Crippen molar-refractivity contribution in [3.8, 4) is 11.3 Å². The first-order valence-corrected chi connectivity index (χ1v) is 4.99. The lowest BCUT2D eigenvalue weighted by Gasteiger charge is -2.03. The fourth-order valence-electron chi connectivity index (χ4n) is 1.18. The molecule has 2 rings (SSSR count). The van der Waals surface area contributed by atoms with Gasteiger partial charge in [0.05, 0.1) is 22.6 Å². The first-order valence-electron chi connectivity index (χ1n) is 4.20. The van der Waals surface area contributed by atoms with Gasteiger partial charge in [-0.05, 0) is 28.1 Å². The average Bonchev–Trinajstić information content (AvgIpc) is 2.24. The Labute approximate surface area is 94.3 Å². The molecule has 0 aliphatic rings. The number of benzene rings is 1. The van der Waals surface area contributed by atoms with E-state index in [1.54, 1.807) is 18.2 Å². The second kappa shape index (κ2) is 3.94. The molecule has 0 aliphatic carbocycles. The third-order valence-electron chi connectivity index (χ3n) is 1.90. The smallest absolute Gasteiger partial charge is 0.146 e. The second-order valence-corrected chi connectivity index (χ2v) is 3.78. The van der Waals surface area contributed by atoms with Gasteiger partial charge in [-0.2, -0.15) is 0 Å². The molecule has 0 amide bonds. The van der Waals surface area contributed by atoms with E-state index < -0.39 is 0 Å². The van der Waals surface area contributed by atoms with Crippen molar-refractivity contribution in [1.29, 1.82) is 0 Å². The number of aromatic nitrogens is 2. The van der Waals surface area contributed by atoms with Gasteiger partial charge >= 0.3 is 0 Å². The van der Waals surface area contributed by atoms with Crippen LogP contribution in [0, 0.1) is 5.82 Å². The molecule has 0 fully saturated rings. The molecule has 5 heteroatoms. The molecule has 0 radical (unpaired) electrons. The lowest BCUT2D eigenvalue weighted by atomic mass is 10.1. The van der Waals surface area contributed by atoms with Crippen LogP contribution in [-0.2, 0) is 0 Å². The first kappa shape index (κ1) is 10.0. The Balaban J connectivity index is 2.54. The summed E-state index contributed by atoms with van der Waals surface area (Å²) in [4.78, 5) is 7.86. The van der Waals surface area contributed by atoms with Gasteiger partial charge in [-0.3, -0.25) is 4.98 Å². The topological polar surface area (TPSA) is 51.8 Å². The van der Waals surface area contributed by atoms with Gasteiger partial charge in [-0.25, -0.2) is 9.37 Å². The minimum atomic E-state index is -0.350. The SMILES string of the molecule is Nc1cnc(-c2cccc(Br)c2F)cn1. The van der Waals surface area contributed by atoms with Crippen molar-refractivity contribution in [2.75, 3.05) is 5.73 Å². The van der Waals surface area contributed by atoms with Crippen LogP contribution in [0.4, 0.5) is 10.2 Å². The molecule has 3 nitrogen and oxygen atoms in total. The van der Waals surface area contributed by atoms with Crippen molar-refractivity contribution in [2.45, 2.75) is 0 Å². The first-order chi connectivity index (χ1) is 7.18. The van der Waals surface area contributed by atoms with Crippen molar-refractivity contribution < 1.29 is 4.39 Å². The van der Waals surface area contributed by atoms with Crippen LogP contribution in [0.2, 0.25) is 0 Å². The van der Waals surface area contributed by atoms with Crippen molar-refractivity contribution in [3.05, 3.63) is 40.9 Å². The third-order valence-corrected chi connectivity index (χ3v) is 2.51. The number of nitrogens with two attached hydrogens (primary N) is 1. The second-order valence-electron chi connectivity index (χ2n) is 2.93. The molecular weight excluding hydrogens is 261 g/mol. The molecule has 0 saturated heterocycles. The molecule has 2 N–H and O–H groups in total. The predicted molar refractivity (Wildman–Crippen MR) is 59.5 cm³/mol. The molecule has 2 aromatic rings. The monoisotopic (exact) mass is 267 g/mol. The molecule has 1 heterocycles. The molecule has 0 aliphatic heterocycles. The van der Waals surface area contributed by atoms with E-state index in [4.69, 9.17) is 5.73 Å². The van der Waals surface area contributed by atoms with Gasteiger partial charge in [0.15, 0.2) is 0 Å². The van der Waals surface area contributed by atoms with E-state index in [0.29, 0.717) is 21.5 Å². The summed E-state index contributed by atoms with van der Waals surface area (Å²) in [5.74, 6) is -0.0364. The Hall–Kier alpha value is -1.49. The molecule has 0 saturated carbocycles. The summed E-state index contributed by atoms with van der Waals surface area (Å²) < 4.78 is 14.0. The number of halogens is 2. The number of hydrogen-bond acceptors (Lipinski definition) is 3. The number of nitrogens with zero attached hydrogens (tertiary/aromatic N) is 2. The molecule has 15 heavy (non-hydrogen) atoms. The van der Waals surface area contributed by atoms with Crippen molar-refractivity contribution in [1.82, 2.24) is 9.97 Å². The van der Waals surface area contributed by atoms with Crippen molar-refractivity contribution in [2.24, 2.45) is 0 Å². The van der Waals surface area contributed by atoms with Crippen LogP contribution in [0.15, 0.2) is 35.1 Å². The fourth-order valence-corrected chi connectivity index (χ4v) is 1.54. The van der Waals surface area contributed by atoms with E-state index in [-0.39, 0.29) is 5.82 Å². The highest BCUT2D eigenvalue weighted by Crippen LogP contribution is 2.25. The molecule has 1 aromatic heterocycles. The summed E-state index contributed by atoms with van der Waals surface area (Å²) in [6.45, 7) is 0. The van der Waals surface area contributed by atoms with Crippen molar-refractivity contribution in [3.63, 3.8) is 0 Å². The molecule has 0 bridgehead atoms. The molecule has 1 aromatic carbocycles. The van der Waals surface area contributed by atoms with Gasteiger partial charge in [0.2, 0.25) is 0 Å². The van der Waals surface area contributed by atoms with Gasteiger partial charge in [0, 0.05) is 5.56 Å². The summed E-state index contributed by atoms with van der Waals surface area (Å²) in [6, 6.07) is 5.00. The minimum Gasteiger partial charge on any atom is -0.382 e. The fraction of sp³-hybridized carbons (Fsp3) is 0. The summed E-state index contributed by atoms with van der Waals surface area (Å²) >= 11 is 3.11. The molecule has 76 valence electrons. The van der Waals surface area contributed by atoms with E-state index in [1.165, 1.54) is 12.4 Å². The highest BCUT2D eigenvalue weighted by atomic mass is 79.9. The van der Waals surface area contributed by atoms with Crippen LogP contribution in [-0.4, -0.2) is 9.97 Å². The van der Waals surface area contributed by atoms with Crippen LogP contribution in [0.3, 0.4) is 0 Å².